The van der Waals surface area contributed by atoms with Gasteiger partial charge in [-0.25, -0.2) is 0 Å². The van der Waals surface area contributed by atoms with Crippen molar-refractivity contribution in [1.29, 1.82) is 0 Å². The largest absolute Gasteiger partial charge is 0.481 e. The van der Waals surface area contributed by atoms with Crippen molar-refractivity contribution in [3.05, 3.63) is 65.9 Å². The molecule has 2 aromatic heterocycles. The third kappa shape index (κ3) is 4.66. The fourth-order valence-electron chi connectivity index (χ4n) is 3.65. The zero-order chi connectivity index (χ0) is 21.8. The van der Waals surface area contributed by atoms with Crippen LogP contribution >= 0.6 is 0 Å². The van der Waals surface area contributed by atoms with E-state index in [9.17, 15) is 4.79 Å². The third-order valence-electron chi connectivity index (χ3n) is 5.70. The number of carbonyl (C=O) groups excluding carboxylic acids is 1. The van der Waals surface area contributed by atoms with Crippen LogP contribution in [-0.4, -0.2) is 58.3 Å². The number of pyridine rings is 1. The number of benzene rings is 1. The fourth-order valence-corrected chi connectivity index (χ4v) is 3.65. The van der Waals surface area contributed by atoms with E-state index in [2.05, 4.69) is 20.1 Å². The van der Waals surface area contributed by atoms with E-state index >= 15 is 0 Å². The molecule has 0 radical (unpaired) electrons. The van der Waals surface area contributed by atoms with Crippen molar-refractivity contribution in [2.45, 2.75) is 26.9 Å². The Morgan fingerprint density at radius 2 is 1.74 bits per heavy atom. The Kier molecular flexibility index (Phi) is 6.11. The van der Waals surface area contributed by atoms with Crippen LogP contribution in [0.2, 0.25) is 0 Å². The summed E-state index contributed by atoms with van der Waals surface area (Å²) in [7, 11) is 0. The van der Waals surface area contributed by atoms with Crippen LogP contribution in [0.4, 0.5) is 5.82 Å². The molecule has 0 N–H and O–H groups in total. The number of anilines is 1. The average Bonchev–Trinajstić information content (AvgIpc) is 2.82. The Morgan fingerprint density at radius 3 is 2.42 bits per heavy atom. The van der Waals surface area contributed by atoms with Gasteiger partial charge < -0.3 is 14.5 Å². The summed E-state index contributed by atoms with van der Waals surface area (Å²) < 4.78 is 5.97. The molecule has 0 aliphatic carbocycles. The molecule has 1 unspecified atom stereocenters. The van der Waals surface area contributed by atoms with E-state index in [1.54, 1.807) is 6.20 Å². The molecule has 7 heteroatoms. The molecule has 4 rings (SSSR count). The van der Waals surface area contributed by atoms with Gasteiger partial charge in [-0.2, -0.15) is 0 Å². The van der Waals surface area contributed by atoms with Gasteiger partial charge in [0.25, 0.3) is 5.91 Å². The average molecular weight is 418 g/mol. The Balaban J connectivity index is 1.33. The maximum absolute atomic E-state index is 12.9. The molecule has 1 amide bonds. The standard InChI is InChI=1S/C24H27N5O2/c1-17-7-6-9-22(18(17)2)31-19(3)24(30)29-15-13-28(14-16-29)23-11-10-21(26-27-23)20-8-4-5-12-25-20/h4-12,19H,13-16H2,1-3H3. The number of ether oxygens (including phenoxy) is 1. The number of carbonyl (C=O) groups is 1. The highest BCUT2D eigenvalue weighted by Crippen LogP contribution is 2.23. The van der Waals surface area contributed by atoms with E-state index in [1.165, 1.54) is 0 Å². The minimum atomic E-state index is -0.524. The molecular weight excluding hydrogens is 390 g/mol. The number of nitrogens with zero attached hydrogens (tertiary/aromatic N) is 5. The molecule has 1 aliphatic heterocycles. The highest BCUT2D eigenvalue weighted by atomic mass is 16.5. The zero-order valence-electron chi connectivity index (χ0n) is 18.2. The van der Waals surface area contributed by atoms with Crippen molar-refractivity contribution in [2.24, 2.45) is 0 Å². The van der Waals surface area contributed by atoms with E-state index in [-0.39, 0.29) is 5.91 Å². The molecule has 1 saturated heterocycles. The maximum Gasteiger partial charge on any atom is 0.263 e. The quantitative estimate of drug-likeness (QED) is 0.635. The lowest BCUT2D eigenvalue weighted by Gasteiger charge is -2.36. The number of amides is 1. The summed E-state index contributed by atoms with van der Waals surface area (Å²) >= 11 is 0. The van der Waals surface area contributed by atoms with Crippen molar-refractivity contribution in [2.75, 3.05) is 31.1 Å². The monoisotopic (exact) mass is 417 g/mol. The summed E-state index contributed by atoms with van der Waals surface area (Å²) in [6.07, 6.45) is 1.22. The van der Waals surface area contributed by atoms with Crippen molar-refractivity contribution >= 4 is 11.7 Å². The Morgan fingerprint density at radius 1 is 0.935 bits per heavy atom. The van der Waals surface area contributed by atoms with E-state index in [1.807, 2.05) is 74.2 Å². The van der Waals surface area contributed by atoms with Gasteiger partial charge in [-0.3, -0.25) is 9.78 Å². The van der Waals surface area contributed by atoms with Crippen molar-refractivity contribution in [3.63, 3.8) is 0 Å². The van der Waals surface area contributed by atoms with Crippen LogP contribution in [0.5, 0.6) is 5.75 Å². The molecule has 7 nitrogen and oxygen atoms in total. The Hall–Kier alpha value is -3.48. The van der Waals surface area contributed by atoms with Crippen LogP contribution in [0.15, 0.2) is 54.7 Å². The molecule has 1 atom stereocenters. The normalized spacial score (nSPS) is 14.9. The molecule has 31 heavy (non-hydrogen) atoms. The lowest BCUT2D eigenvalue weighted by atomic mass is 10.1. The lowest BCUT2D eigenvalue weighted by Crippen LogP contribution is -2.52. The number of hydrogen-bond acceptors (Lipinski definition) is 6. The molecule has 3 heterocycles. The predicted octanol–water partition coefficient (Wildman–Crippen LogP) is 3.27. The van der Waals surface area contributed by atoms with Crippen LogP contribution < -0.4 is 9.64 Å². The topological polar surface area (TPSA) is 71.5 Å². The molecule has 1 aromatic carbocycles. The summed E-state index contributed by atoms with van der Waals surface area (Å²) in [5.74, 6) is 1.59. The van der Waals surface area contributed by atoms with Gasteiger partial charge in [0.05, 0.1) is 5.69 Å². The van der Waals surface area contributed by atoms with Crippen LogP contribution in [0.1, 0.15) is 18.1 Å². The second kappa shape index (κ2) is 9.12. The van der Waals surface area contributed by atoms with Gasteiger partial charge in [-0.15, -0.1) is 10.2 Å². The van der Waals surface area contributed by atoms with Crippen LogP contribution in [0.25, 0.3) is 11.4 Å². The Labute approximate surface area is 182 Å². The summed E-state index contributed by atoms with van der Waals surface area (Å²) in [6.45, 7) is 8.55. The molecule has 1 fully saturated rings. The van der Waals surface area contributed by atoms with Gasteiger partial charge >= 0.3 is 0 Å². The molecule has 3 aromatic rings. The van der Waals surface area contributed by atoms with E-state index in [0.29, 0.717) is 26.2 Å². The summed E-state index contributed by atoms with van der Waals surface area (Å²) in [5.41, 5.74) is 3.77. The van der Waals surface area contributed by atoms with Crippen molar-refractivity contribution in [3.8, 4) is 17.1 Å². The first-order valence-corrected chi connectivity index (χ1v) is 10.5. The fraction of sp³-hybridized carbons (Fsp3) is 0.333. The SMILES string of the molecule is Cc1cccc(OC(C)C(=O)N2CCN(c3ccc(-c4ccccn4)nn3)CC2)c1C. The van der Waals surface area contributed by atoms with Gasteiger partial charge in [-0.05, 0) is 62.2 Å². The lowest BCUT2D eigenvalue weighted by molar-refractivity contribution is -0.138. The van der Waals surface area contributed by atoms with E-state index < -0.39 is 6.10 Å². The highest BCUT2D eigenvalue weighted by molar-refractivity contribution is 5.81. The number of rotatable bonds is 5. The smallest absolute Gasteiger partial charge is 0.263 e. The van der Waals surface area contributed by atoms with Crippen LogP contribution in [-0.2, 0) is 4.79 Å². The zero-order valence-corrected chi connectivity index (χ0v) is 18.2. The van der Waals surface area contributed by atoms with Crippen LogP contribution in [0.3, 0.4) is 0 Å². The minimum Gasteiger partial charge on any atom is -0.481 e. The molecular formula is C24H27N5O2. The number of hydrogen-bond donors (Lipinski definition) is 0. The second-order valence-electron chi connectivity index (χ2n) is 7.76. The maximum atomic E-state index is 12.9. The number of aryl methyl sites for hydroxylation is 1. The molecule has 0 saturated carbocycles. The van der Waals surface area contributed by atoms with Crippen molar-refractivity contribution in [1.82, 2.24) is 20.1 Å². The van der Waals surface area contributed by atoms with Gasteiger partial charge in [0, 0.05) is 32.4 Å². The molecule has 1 aliphatic rings. The minimum absolute atomic E-state index is 0.0112. The van der Waals surface area contributed by atoms with Gasteiger partial charge in [0.1, 0.15) is 11.4 Å². The van der Waals surface area contributed by atoms with Gasteiger partial charge in [0.15, 0.2) is 11.9 Å². The number of aromatic nitrogens is 3. The third-order valence-corrected chi connectivity index (χ3v) is 5.70. The summed E-state index contributed by atoms with van der Waals surface area (Å²) in [5, 5.41) is 8.68. The Bertz CT molecular complexity index is 1030. The second-order valence-corrected chi connectivity index (χ2v) is 7.76. The molecule has 0 bridgehead atoms. The summed E-state index contributed by atoms with van der Waals surface area (Å²) in [6, 6.07) is 15.5. The first-order valence-electron chi connectivity index (χ1n) is 10.5. The summed E-state index contributed by atoms with van der Waals surface area (Å²) in [4.78, 5) is 21.2. The first-order chi connectivity index (χ1) is 15.0. The highest BCUT2D eigenvalue weighted by Gasteiger charge is 2.27. The predicted molar refractivity (Wildman–Crippen MR) is 120 cm³/mol. The van der Waals surface area contributed by atoms with E-state index in [4.69, 9.17) is 4.74 Å². The number of piperazine rings is 1. The first kappa shape index (κ1) is 20.8. The van der Waals surface area contributed by atoms with Gasteiger partial charge in [-0.1, -0.05) is 18.2 Å². The van der Waals surface area contributed by atoms with Gasteiger partial charge in [0.2, 0.25) is 0 Å². The molecule has 160 valence electrons. The van der Waals surface area contributed by atoms with Crippen molar-refractivity contribution < 1.29 is 9.53 Å². The van der Waals surface area contributed by atoms with E-state index in [0.717, 1.165) is 34.1 Å². The molecule has 0 spiro atoms. The van der Waals surface area contributed by atoms with Crippen LogP contribution in [0, 0.1) is 13.8 Å².